The van der Waals surface area contributed by atoms with Crippen molar-refractivity contribution in [2.75, 3.05) is 0 Å². The van der Waals surface area contributed by atoms with Gasteiger partial charge in [0.2, 0.25) is 0 Å². The Hall–Kier alpha value is -2.46. The van der Waals surface area contributed by atoms with Crippen molar-refractivity contribution in [3.8, 4) is 11.4 Å². The van der Waals surface area contributed by atoms with Crippen LogP contribution in [0.1, 0.15) is 16.2 Å². The molecule has 1 N–H and O–H groups in total. The molecule has 0 saturated carbocycles. The van der Waals surface area contributed by atoms with Crippen LogP contribution in [0.25, 0.3) is 5.69 Å². The minimum absolute atomic E-state index is 0.00658. The molecule has 0 spiro atoms. The summed E-state index contributed by atoms with van der Waals surface area (Å²) in [6.07, 6.45) is -10.5. The third-order valence-electron chi connectivity index (χ3n) is 4.03. The highest BCUT2D eigenvalue weighted by molar-refractivity contribution is 7.90. The minimum Gasteiger partial charge on any atom is -0.406 e. The minimum atomic E-state index is -5.37. The highest BCUT2D eigenvalue weighted by Gasteiger charge is 2.43. The van der Waals surface area contributed by atoms with E-state index >= 15 is 0 Å². The summed E-state index contributed by atoms with van der Waals surface area (Å²) in [7, 11) is -4.89. The summed E-state index contributed by atoms with van der Waals surface area (Å²) in [4.78, 5) is 11.7. The van der Waals surface area contributed by atoms with Gasteiger partial charge in [-0.1, -0.05) is 51.6 Å². The van der Waals surface area contributed by atoms with Gasteiger partial charge in [0.25, 0.3) is 15.9 Å². The van der Waals surface area contributed by atoms with Crippen molar-refractivity contribution in [3.05, 3.63) is 61.8 Å². The summed E-state index contributed by atoms with van der Waals surface area (Å²) in [6.45, 7) is 0. The highest BCUT2D eigenvalue weighted by atomic mass is 35.5. The molecule has 8 nitrogen and oxygen atoms in total. The Morgan fingerprint density at radius 3 is 2.08 bits per heavy atom. The van der Waals surface area contributed by atoms with E-state index < -0.39 is 66.2 Å². The molecule has 0 atom stereocenters. The maximum Gasteiger partial charge on any atom is 0.573 e. The maximum atomic E-state index is 13.8. The fraction of sp³-hybridized carbons (Fsp3) is 0.118. The van der Waals surface area contributed by atoms with E-state index in [9.17, 15) is 39.6 Å². The normalized spacial score (nSPS) is 12.5. The quantitative estimate of drug-likeness (QED) is 0.282. The SMILES string of the molecule is O=C(NS(=O)(=O)c1cc(Cl)c(Cl)cc1Cl)c1nnn(-c2ccc(OC(F)(F)F)cc2Cl)c1C(F)(F)F. The van der Waals surface area contributed by atoms with E-state index in [1.54, 1.807) is 0 Å². The number of amides is 1. The van der Waals surface area contributed by atoms with Crippen LogP contribution in [0.4, 0.5) is 26.3 Å². The van der Waals surface area contributed by atoms with E-state index in [1.165, 1.54) is 4.72 Å². The molecule has 0 bridgehead atoms. The van der Waals surface area contributed by atoms with Crippen molar-refractivity contribution in [1.29, 1.82) is 0 Å². The summed E-state index contributed by atoms with van der Waals surface area (Å²) in [5.74, 6) is -2.73. The van der Waals surface area contributed by atoms with Gasteiger partial charge in [0.1, 0.15) is 10.6 Å². The van der Waals surface area contributed by atoms with Crippen LogP contribution in [0.15, 0.2) is 35.2 Å². The van der Waals surface area contributed by atoms with Gasteiger partial charge in [-0.3, -0.25) is 4.79 Å². The Kier molecular flexibility index (Phi) is 7.64. The molecule has 194 valence electrons. The lowest BCUT2D eigenvalue weighted by atomic mass is 10.2. The molecule has 0 radical (unpaired) electrons. The van der Waals surface area contributed by atoms with Crippen LogP contribution >= 0.6 is 46.4 Å². The number of carbonyl (C=O) groups is 1. The molecule has 1 heterocycles. The molecular formula is C17H6Cl4F6N4O4S. The number of halogens is 10. The molecule has 1 aromatic heterocycles. The van der Waals surface area contributed by atoms with Gasteiger partial charge in [-0.2, -0.15) is 13.2 Å². The third kappa shape index (κ3) is 6.08. The Labute approximate surface area is 216 Å². The van der Waals surface area contributed by atoms with Gasteiger partial charge in [-0.15, -0.1) is 18.3 Å². The number of benzene rings is 2. The molecule has 36 heavy (non-hydrogen) atoms. The van der Waals surface area contributed by atoms with Crippen LogP contribution in [-0.4, -0.2) is 35.7 Å². The van der Waals surface area contributed by atoms with E-state index in [0.29, 0.717) is 18.2 Å². The van der Waals surface area contributed by atoms with Crippen LogP contribution in [0, 0.1) is 0 Å². The fourth-order valence-electron chi connectivity index (χ4n) is 2.65. The van der Waals surface area contributed by atoms with Gasteiger partial charge >= 0.3 is 12.5 Å². The van der Waals surface area contributed by atoms with E-state index in [0.717, 1.165) is 12.1 Å². The van der Waals surface area contributed by atoms with Crippen molar-refractivity contribution in [2.24, 2.45) is 0 Å². The molecule has 1 amide bonds. The number of carbonyl (C=O) groups excluding carboxylic acids is 1. The van der Waals surface area contributed by atoms with Gasteiger partial charge in [0, 0.05) is 6.07 Å². The summed E-state index contributed by atoms with van der Waals surface area (Å²) in [5, 5.41) is 4.61. The molecule has 0 aliphatic rings. The smallest absolute Gasteiger partial charge is 0.406 e. The first-order chi connectivity index (χ1) is 16.4. The first kappa shape index (κ1) is 28.1. The molecule has 3 aromatic rings. The van der Waals surface area contributed by atoms with Crippen LogP contribution in [0.5, 0.6) is 5.75 Å². The zero-order valence-electron chi connectivity index (χ0n) is 16.5. The van der Waals surface area contributed by atoms with Crippen molar-refractivity contribution >= 4 is 62.3 Å². The number of ether oxygens (including phenoxy) is 1. The van der Waals surface area contributed by atoms with Crippen molar-refractivity contribution in [1.82, 2.24) is 19.7 Å². The Morgan fingerprint density at radius 1 is 0.917 bits per heavy atom. The largest absolute Gasteiger partial charge is 0.573 e. The summed E-state index contributed by atoms with van der Waals surface area (Å²) in [5.41, 5.74) is -4.05. The number of nitrogens with zero attached hydrogens (tertiary/aromatic N) is 3. The molecule has 0 fully saturated rings. The van der Waals surface area contributed by atoms with Crippen molar-refractivity contribution < 1.29 is 44.3 Å². The molecule has 2 aromatic carbocycles. The molecule has 3 rings (SSSR count). The third-order valence-corrected chi connectivity index (χ3v) is 6.85. The summed E-state index contributed by atoms with van der Waals surface area (Å²) < 4.78 is 109. The topological polar surface area (TPSA) is 103 Å². The molecule has 0 unspecified atom stereocenters. The lowest BCUT2D eigenvalue weighted by Gasteiger charge is -2.14. The molecular weight excluding hydrogens is 612 g/mol. The number of nitrogens with one attached hydrogen (secondary N) is 1. The van der Waals surface area contributed by atoms with Gasteiger partial charge < -0.3 is 4.74 Å². The Bertz CT molecular complexity index is 1460. The molecule has 0 aliphatic heterocycles. The molecule has 0 aliphatic carbocycles. The van der Waals surface area contributed by atoms with Crippen LogP contribution < -0.4 is 9.46 Å². The van der Waals surface area contributed by atoms with Crippen LogP contribution in [-0.2, 0) is 16.2 Å². The zero-order valence-corrected chi connectivity index (χ0v) is 20.4. The monoisotopic (exact) mass is 616 g/mol. The standard InChI is InChI=1S/C17H6Cl4F6N4O4S/c18-7-4-10(21)12(5-8(7)19)36(33,34)29-15(32)13-14(16(22,23)24)31(30-28-13)11-2-1-6(3-9(11)20)35-17(25,26)27/h1-5H,(H,29,32). The number of alkyl halides is 6. The second kappa shape index (κ2) is 9.78. The van der Waals surface area contributed by atoms with Gasteiger partial charge in [0.05, 0.1) is 25.8 Å². The number of hydrogen-bond acceptors (Lipinski definition) is 6. The van der Waals surface area contributed by atoms with Gasteiger partial charge in [0.15, 0.2) is 11.4 Å². The lowest BCUT2D eigenvalue weighted by molar-refractivity contribution is -0.274. The predicted molar refractivity (Wildman–Crippen MR) is 114 cm³/mol. The van der Waals surface area contributed by atoms with Crippen LogP contribution in [0.2, 0.25) is 20.1 Å². The average molecular weight is 618 g/mol. The second-order valence-corrected chi connectivity index (χ2v) is 9.77. The summed E-state index contributed by atoms with van der Waals surface area (Å²) in [6, 6.07) is 3.54. The van der Waals surface area contributed by atoms with Crippen molar-refractivity contribution in [2.45, 2.75) is 17.4 Å². The fourth-order valence-corrected chi connectivity index (χ4v) is 4.86. The number of sulfonamides is 1. The van der Waals surface area contributed by atoms with Gasteiger partial charge in [-0.05, 0) is 24.3 Å². The molecule has 0 saturated heterocycles. The Balaban J connectivity index is 2.04. The van der Waals surface area contributed by atoms with Crippen molar-refractivity contribution in [3.63, 3.8) is 0 Å². The summed E-state index contributed by atoms with van der Waals surface area (Å²) >= 11 is 23.0. The highest BCUT2D eigenvalue weighted by Crippen LogP contribution is 2.36. The number of aromatic nitrogens is 3. The van der Waals surface area contributed by atoms with E-state index in [4.69, 9.17) is 46.4 Å². The zero-order chi connectivity index (χ0) is 27.2. The van der Waals surface area contributed by atoms with E-state index in [1.807, 2.05) is 0 Å². The first-order valence-corrected chi connectivity index (χ1v) is 11.7. The van der Waals surface area contributed by atoms with Gasteiger partial charge in [-0.25, -0.2) is 17.8 Å². The Morgan fingerprint density at radius 2 is 1.53 bits per heavy atom. The number of hydrogen-bond donors (Lipinski definition) is 1. The predicted octanol–water partition coefficient (Wildman–Crippen LogP) is 5.92. The van der Waals surface area contributed by atoms with E-state index in [-0.39, 0.29) is 14.7 Å². The average Bonchev–Trinajstić information content (AvgIpc) is 3.14. The number of rotatable bonds is 5. The van der Waals surface area contributed by atoms with Crippen LogP contribution in [0.3, 0.4) is 0 Å². The maximum absolute atomic E-state index is 13.8. The first-order valence-electron chi connectivity index (χ1n) is 8.71. The molecule has 19 heteroatoms. The van der Waals surface area contributed by atoms with E-state index in [2.05, 4.69) is 15.0 Å². The lowest BCUT2D eigenvalue weighted by Crippen LogP contribution is -2.33. The second-order valence-electron chi connectivity index (χ2n) is 6.49.